The van der Waals surface area contributed by atoms with Gasteiger partial charge in [-0.2, -0.15) is 0 Å². The van der Waals surface area contributed by atoms with Gasteiger partial charge in [0.2, 0.25) is 23.6 Å². The van der Waals surface area contributed by atoms with Crippen molar-refractivity contribution in [2.75, 3.05) is 6.54 Å². The molecule has 242 valence electrons. The number of phenolic OH excluding ortho intramolecular Hbond substituents is 1. The van der Waals surface area contributed by atoms with Crippen LogP contribution < -0.4 is 16.0 Å². The Morgan fingerprint density at radius 3 is 2.22 bits per heavy atom. The van der Waals surface area contributed by atoms with Crippen LogP contribution in [-0.4, -0.2) is 87.8 Å². The number of carbonyl (C=O) groups is 6. The number of carboxylic acids is 1. The van der Waals surface area contributed by atoms with Crippen molar-refractivity contribution >= 4 is 35.9 Å². The van der Waals surface area contributed by atoms with E-state index in [9.17, 15) is 33.9 Å². The fourth-order valence-corrected chi connectivity index (χ4v) is 5.07. The zero-order valence-corrected chi connectivity index (χ0v) is 25.5. The third kappa shape index (κ3) is 10.4. The van der Waals surface area contributed by atoms with E-state index in [1.165, 1.54) is 24.0 Å². The molecular formula is C32H40N4O9. The summed E-state index contributed by atoms with van der Waals surface area (Å²) in [4.78, 5) is 76.7. The molecule has 0 bridgehead atoms. The number of ether oxygens (including phenoxy) is 1. The number of aliphatic carboxylic acids is 1. The number of carbonyl (C=O) groups excluding carboxylic acids is 5. The molecule has 1 aliphatic heterocycles. The van der Waals surface area contributed by atoms with E-state index in [4.69, 9.17) is 9.84 Å². The van der Waals surface area contributed by atoms with Crippen LogP contribution in [0, 0.1) is 5.92 Å². The topological polar surface area (TPSA) is 191 Å². The second-order valence-electron chi connectivity index (χ2n) is 11.4. The monoisotopic (exact) mass is 624 g/mol. The summed E-state index contributed by atoms with van der Waals surface area (Å²) in [6.45, 7) is 4.94. The third-order valence-corrected chi connectivity index (χ3v) is 7.36. The first-order chi connectivity index (χ1) is 21.4. The van der Waals surface area contributed by atoms with Crippen LogP contribution in [0.15, 0.2) is 54.6 Å². The molecule has 45 heavy (non-hydrogen) atoms. The number of hydrogen-bond acceptors (Lipinski definition) is 8. The molecule has 2 aromatic carbocycles. The van der Waals surface area contributed by atoms with Crippen LogP contribution in [0.25, 0.3) is 0 Å². The maximum absolute atomic E-state index is 14.0. The molecule has 1 saturated heterocycles. The van der Waals surface area contributed by atoms with Crippen LogP contribution >= 0.6 is 0 Å². The quantitative estimate of drug-likeness (QED) is 0.179. The number of likely N-dealkylation sites (tertiary alicyclic amines) is 1. The molecule has 2 aromatic rings. The molecular weight excluding hydrogens is 584 g/mol. The van der Waals surface area contributed by atoms with E-state index in [-0.39, 0.29) is 31.7 Å². The summed E-state index contributed by atoms with van der Waals surface area (Å²) in [5.74, 6) is -4.04. The molecule has 1 heterocycles. The van der Waals surface area contributed by atoms with E-state index in [0.29, 0.717) is 11.8 Å². The second kappa shape index (κ2) is 16.3. The Morgan fingerprint density at radius 2 is 1.64 bits per heavy atom. The fraction of sp³-hybridized carbons (Fsp3) is 0.438. The van der Waals surface area contributed by atoms with Gasteiger partial charge in [0.05, 0.1) is 25.2 Å². The summed E-state index contributed by atoms with van der Waals surface area (Å²) < 4.78 is 6.03. The van der Waals surface area contributed by atoms with Crippen molar-refractivity contribution in [1.82, 2.24) is 20.9 Å². The Kier molecular flexibility index (Phi) is 12.6. The maximum atomic E-state index is 14.0. The number of nitrogens with one attached hydrogen (secondary N) is 3. The van der Waals surface area contributed by atoms with Crippen LogP contribution in [0.2, 0.25) is 0 Å². The number of aldehydes is 1. The summed E-state index contributed by atoms with van der Waals surface area (Å²) in [7, 11) is 0. The normalized spacial score (nSPS) is 18.0. The first-order valence-corrected chi connectivity index (χ1v) is 14.7. The Balaban J connectivity index is 1.82. The lowest BCUT2D eigenvalue weighted by molar-refractivity contribution is -0.144. The molecule has 13 heteroatoms. The Hall–Kier alpha value is -4.78. The highest BCUT2D eigenvalue weighted by Crippen LogP contribution is 2.25. The highest BCUT2D eigenvalue weighted by molar-refractivity contribution is 5.95. The molecule has 1 aliphatic rings. The molecule has 0 radical (unpaired) electrons. The molecule has 3 rings (SSSR count). The zero-order valence-electron chi connectivity index (χ0n) is 25.5. The van der Waals surface area contributed by atoms with Crippen molar-refractivity contribution < 1.29 is 43.7 Å². The standard InChI is InChI=1S/C32H40N4O9/c1-19(2)29(35-30(42)26(33-20(3)38)13-21-9-11-24(39)12-10-21)32(44)36-16-25(45-18-22-7-5-4-6-8-22)15-27(36)31(43)34-23(17-37)14-28(40)41/h4-12,17,19,23,25-27,29,39H,13-16,18H2,1-3H3,(H,33,38)(H,34,43)(H,35,42)(H,40,41)/t23?,25?,26-,27-,29-/m0/s1. The van der Waals surface area contributed by atoms with Crippen molar-refractivity contribution in [3.05, 3.63) is 65.7 Å². The van der Waals surface area contributed by atoms with Crippen LogP contribution in [0.5, 0.6) is 5.75 Å². The van der Waals surface area contributed by atoms with E-state index >= 15 is 0 Å². The van der Waals surface area contributed by atoms with E-state index < -0.39 is 72.2 Å². The van der Waals surface area contributed by atoms with Gasteiger partial charge in [-0.3, -0.25) is 24.0 Å². The molecule has 2 unspecified atom stereocenters. The van der Waals surface area contributed by atoms with Gasteiger partial charge in [0, 0.05) is 26.3 Å². The van der Waals surface area contributed by atoms with Gasteiger partial charge in [-0.05, 0) is 29.2 Å². The molecule has 0 saturated carbocycles. The Bertz CT molecular complexity index is 1350. The summed E-state index contributed by atoms with van der Waals surface area (Å²) in [5, 5.41) is 26.4. The van der Waals surface area contributed by atoms with E-state index in [2.05, 4.69) is 16.0 Å². The predicted molar refractivity (Wildman–Crippen MR) is 162 cm³/mol. The number of amides is 4. The average molecular weight is 625 g/mol. The first kappa shape index (κ1) is 34.7. The molecule has 5 atom stereocenters. The van der Waals surface area contributed by atoms with Crippen molar-refractivity contribution in [2.24, 2.45) is 5.92 Å². The van der Waals surface area contributed by atoms with Crippen molar-refractivity contribution in [2.45, 2.75) is 76.9 Å². The highest BCUT2D eigenvalue weighted by atomic mass is 16.5. The molecule has 1 fully saturated rings. The van der Waals surface area contributed by atoms with E-state index in [1.54, 1.807) is 26.0 Å². The SMILES string of the molecule is CC(=O)N[C@@H](Cc1ccc(O)cc1)C(=O)N[C@H](C(=O)N1CC(OCc2ccccc2)C[C@H]1C(=O)NC(C=O)CC(=O)O)C(C)C. The minimum atomic E-state index is -1.30. The van der Waals surface area contributed by atoms with Crippen LogP contribution in [0.1, 0.15) is 44.7 Å². The Morgan fingerprint density at radius 1 is 0.978 bits per heavy atom. The van der Waals surface area contributed by atoms with Crippen molar-refractivity contribution in [1.29, 1.82) is 0 Å². The number of rotatable bonds is 15. The van der Waals surface area contributed by atoms with E-state index in [0.717, 1.165) is 5.56 Å². The first-order valence-electron chi connectivity index (χ1n) is 14.7. The van der Waals surface area contributed by atoms with Gasteiger partial charge in [0.1, 0.15) is 30.2 Å². The largest absolute Gasteiger partial charge is 0.508 e. The smallest absolute Gasteiger partial charge is 0.305 e. The molecule has 0 spiro atoms. The van der Waals surface area contributed by atoms with Gasteiger partial charge < -0.3 is 40.6 Å². The van der Waals surface area contributed by atoms with Crippen LogP contribution in [-0.2, 0) is 46.5 Å². The van der Waals surface area contributed by atoms with Crippen molar-refractivity contribution in [3.8, 4) is 5.75 Å². The molecule has 0 aliphatic carbocycles. The second-order valence-corrected chi connectivity index (χ2v) is 11.4. The van der Waals surface area contributed by atoms with E-state index in [1.807, 2.05) is 30.3 Å². The van der Waals surface area contributed by atoms with Gasteiger partial charge in [0.15, 0.2) is 0 Å². The highest BCUT2D eigenvalue weighted by Gasteiger charge is 2.44. The van der Waals surface area contributed by atoms with Gasteiger partial charge in [-0.25, -0.2) is 0 Å². The van der Waals surface area contributed by atoms with Gasteiger partial charge in [-0.1, -0.05) is 56.3 Å². The fourth-order valence-electron chi connectivity index (χ4n) is 5.07. The summed E-state index contributed by atoms with van der Waals surface area (Å²) in [6.07, 6.45) is -0.698. The average Bonchev–Trinajstić information content (AvgIpc) is 3.43. The molecule has 13 nitrogen and oxygen atoms in total. The van der Waals surface area contributed by atoms with Gasteiger partial charge in [0.25, 0.3) is 0 Å². The number of aromatic hydroxyl groups is 1. The number of hydrogen-bond donors (Lipinski definition) is 5. The third-order valence-electron chi connectivity index (χ3n) is 7.36. The van der Waals surface area contributed by atoms with Crippen LogP contribution in [0.4, 0.5) is 0 Å². The maximum Gasteiger partial charge on any atom is 0.305 e. The van der Waals surface area contributed by atoms with Crippen LogP contribution in [0.3, 0.4) is 0 Å². The summed E-state index contributed by atoms with van der Waals surface area (Å²) >= 11 is 0. The molecule has 4 amide bonds. The molecule has 0 aromatic heterocycles. The van der Waals surface area contributed by atoms with Gasteiger partial charge in [-0.15, -0.1) is 0 Å². The minimum absolute atomic E-state index is 0.0101. The summed E-state index contributed by atoms with van der Waals surface area (Å²) in [6, 6.07) is 10.9. The minimum Gasteiger partial charge on any atom is -0.508 e. The Labute approximate surface area is 261 Å². The van der Waals surface area contributed by atoms with Gasteiger partial charge >= 0.3 is 5.97 Å². The number of phenols is 1. The lowest BCUT2D eigenvalue weighted by atomic mass is 10.00. The van der Waals surface area contributed by atoms with Crippen molar-refractivity contribution in [3.63, 3.8) is 0 Å². The summed E-state index contributed by atoms with van der Waals surface area (Å²) in [5.41, 5.74) is 1.55. The lowest BCUT2D eigenvalue weighted by Gasteiger charge is -2.31. The number of carboxylic acid groups (broad SMARTS) is 1. The molecule has 5 N–H and O–H groups in total. The number of nitrogens with zero attached hydrogens (tertiary/aromatic N) is 1. The number of benzene rings is 2. The predicted octanol–water partition coefficient (Wildman–Crippen LogP) is 0.925. The lowest BCUT2D eigenvalue weighted by Crippen LogP contribution is -2.59. The zero-order chi connectivity index (χ0) is 33.1.